The molecule has 1 N–H and O–H groups in total. The lowest BCUT2D eigenvalue weighted by atomic mass is 10.0. The number of ether oxygens (including phenoxy) is 1. The van der Waals surface area contributed by atoms with Crippen molar-refractivity contribution in [2.45, 2.75) is 25.4 Å². The van der Waals surface area contributed by atoms with Crippen LogP contribution in [0.15, 0.2) is 17.5 Å². The van der Waals surface area contributed by atoms with Gasteiger partial charge in [0.1, 0.15) is 0 Å². The molecule has 1 atom stereocenters. The van der Waals surface area contributed by atoms with Crippen LogP contribution in [0.5, 0.6) is 0 Å². The number of thiophene rings is 1. The Balaban J connectivity index is 1.91. The average Bonchev–Trinajstić information content (AvgIpc) is 2.97. The Labute approximate surface area is 122 Å². The van der Waals surface area contributed by atoms with Gasteiger partial charge in [0.2, 0.25) is 5.91 Å². The number of likely N-dealkylation sites (N-methyl/N-ethyl adjacent to an activating group) is 1. The topological polar surface area (TPSA) is 58.6 Å². The van der Waals surface area contributed by atoms with E-state index in [2.05, 4.69) is 5.32 Å². The van der Waals surface area contributed by atoms with Crippen LogP contribution >= 0.6 is 11.3 Å². The monoisotopic (exact) mass is 296 g/mol. The summed E-state index contributed by atoms with van der Waals surface area (Å²) in [6.45, 7) is 2.99. The smallest absolute Gasteiger partial charge is 0.253 e. The summed E-state index contributed by atoms with van der Waals surface area (Å²) in [7, 11) is 1.58. The Bertz CT molecular complexity index is 475. The molecule has 20 heavy (non-hydrogen) atoms. The Hall–Kier alpha value is -1.40. The Morgan fingerprint density at radius 1 is 1.55 bits per heavy atom. The number of rotatable bonds is 4. The van der Waals surface area contributed by atoms with Gasteiger partial charge in [-0.05, 0) is 24.8 Å². The lowest BCUT2D eigenvalue weighted by Gasteiger charge is -2.39. The van der Waals surface area contributed by atoms with Crippen molar-refractivity contribution in [1.82, 2.24) is 10.2 Å². The van der Waals surface area contributed by atoms with Crippen molar-refractivity contribution in [3.8, 4) is 0 Å². The fourth-order valence-corrected chi connectivity index (χ4v) is 3.04. The molecule has 5 nitrogen and oxygen atoms in total. The van der Waals surface area contributed by atoms with Crippen molar-refractivity contribution in [1.29, 1.82) is 0 Å². The van der Waals surface area contributed by atoms with Gasteiger partial charge >= 0.3 is 0 Å². The summed E-state index contributed by atoms with van der Waals surface area (Å²) >= 11 is 1.66. The molecule has 110 valence electrons. The predicted molar refractivity (Wildman–Crippen MR) is 77.6 cm³/mol. The second kappa shape index (κ2) is 6.37. The molecule has 0 bridgehead atoms. The molecule has 1 aliphatic rings. The van der Waals surface area contributed by atoms with Crippen molar-refractivity contribution in [3.63, 3.8) is 0 Å². The summed E-state index contributed by atoms with van der Waals surface area (Å²) in [4.78, 5) is 27.0. The van der Waals surface area contributed by atoms with Crippen molar-refractivity contribution < 1.29 is 14.3 Å². The molecule has 0 radical (unpaired) electrons. The maximum atomic E-state index is 12.2. The molecule has 2 rings (SSSR count). The van der Waals surface area contributed by atoms with Crippen molar-refractivity contribution >= 4 is 23.2 Å². The molecule has 2 amide bonds. The van der Waals surface area contributed by atoms with E-state index in [1.807, 2.05) is 17.5 Å². The largest absolute Gasteiger partial charge is 0.362 e. The molecule has 0 spiro atoms. The SMILES string of the molecule is CNC(=O)C1(C)CN(C(=O)CCc2cccs2)CCO1. The molecular formula is C14H20N2O3S. The lowest BCUT2D eigenvalue weighted by Crippen LogP contribution is -2.58. The van der Waals surface area contributed by atoms with Gasteiger partial charge in [-0.25, -0.2) is 0 Å². The second-order valence-corrected chi connectivity index (χ2v) is 6.09. The Morgan fingerprint density at radius 3 is 3.00 bits per heavy atom. The average molecular weight is 296 g/mol. The van der Waals surface area contributed by atoms with Crippen LogP contribution in [0.2, 0.25) is 0 Å². The van der Waals surface area contributed by atoms with Crippen molar-refractivity contribution in [2.24, 2.45) is 0 Å². The zero-order chi connectivity index (χ0) is 14.6. The zero-order valence-corrected chi connectivity index (χ0v) is 12.7. The number of hydrogen-bond acceptors (Lipinski definition) is 4. The van der Waals surface area contributed by atoms with Crippen LogP contribution in [0.3, 0.4) is 0 Å². The van der Waals surface area contributed by atoms with Gasteiger partial charge < -0.3 is 15.0 Å². The highest BCUT2D eigenvalue weighted by Gasteiger charge is 2.39. The van der Waals surface area contributed by atoms with Gasteiger partial charge in [0.15, 0.2) is 5.60 Å². The van der Waals surface area contributed by atoms with Crippen molar-refractivity contribution in [3.05, 3.63) is 22.4 Å². The van der Waals surface area contributed by atoms with Gasteiger partial charge in [0.05, 0.1) is 13.2 Å². The third-order valence-electron chi connectivity index (χ3n) is 3.50. The number of amides is 2. The van der Waals surface area contributed by atoms with Gasteiger partial charge in [0.25, 0.3) is 5.91 Å². The first-order valence-electron chi connectivity index (χ1n) is 6.71. The molecule has 1 aliphatic heterocycles. The summed E-state index contributed by atoms with van der Waals surface area (Å²) in [5.41, 5.74) is -0.939. The first-order chi connectivity index (χ1) is 9.55. The third-order valence-corrected chi connectivity index (χ3v) is 4.44. The van der Waals surface area contributed by atoms with Crippen molar-refractivity contribution in [2.75, 3.05) is 26.7 Å². The number of morpholine rings is 1. The summed E-state index contributed by atoms with van der Waals surface area (Å²) in [6, 6.07) is 4.02. The maximum absolute atomic E-state index is 12.2. The van der Waals surface area contributed by atoms with E-state index >= 15 is 0 Å². The number of nitrogens with one attached hydrogen (secondary N) is 1. The van der Waals surface area contributed by atoms with E-state index in [-0.39, 0.29) is 11.8 Å². The highest BCUT2D eigenvalue weighted by Crippen LogP contribution is 2.19. The molecule has 1 fully saturated rings. The number of carbonyl (C=O) groups is 2. The normalized spacial score (nSPS) is 22.6. The molecule has 0 aromatic carbocycles. The van der Waals surface area contributed by atoms with E-state index in [1.165, 1.54) is 4.88 Å². The minimum Gasteiger partial charge on any atom is -0.362 e. The summed E-state index contributed by atoms with van der Waals surface area (Å²) < 4.78 is 5.55. The number of aryl methyl sites for hydroxylation is 1. The minimum absolute atomic E-state index is 0.0804. The highest BCUT2D eigenvalue weighted by molar-refractivity contribution is 7.09. The molecular weight excluding hydrogens is 276 g/mol. The maximum Gasteiger partial charge on any atom is 0.253 e. The van der Waals surface area contributed by atoms with Gasteiger partial charge in [-0.1, -0.05) is 6.07 Å². The van der Waals surface area contributed by atoms with E-state index in [9.17, 15) is 9.59 Å². The van der Waals surface area contributed by atoms with E-state index in [0.717, 1.165) is 6.42 Å². The van der Waals surface area contributed by atoms with Gasteiger partial charge in [-0.2, -0.15) is 0 Å². The molecule has 0 saturated carbocycles. The number of hydrogen-bond donors (Lipinski definition) is 1. The fourth-order valence-electron chi connectivity index (χ4n) is 2.33. The molecule has 1 unspecified atom stereocenters. The Kier molecular flexibility index (Phi) is 4.77. The fraction of sp³-hybridized carbons (Fsp3) is 0.571. The predicted octanol–water partition coefficient (Wildman–Crippen LogP) is 1.04. The third kappa shape index (κ3) is 3.37. The van der Waals surface area contributed by atoms with Crippen LogP contribution in [0.1, 0.15) is 18.2 Å². The summed E-state index contributed by atoms with van der Waals surface area (Å²) in [5, 5.41) is 4.60. The molecule has 2 heterocycles. The second-order valence-electron chi connectivity index (χ2n) is 5.05. The molecule has 1 saturated heterocycles. The number of carbonyl (C=O) groups excluding carboxylic acids is 2. The zero-order valence-electron chi connectivity index (χ0n) is 11.8. The molecule has 1 aromatic heterocycles. The first kappa shape index (κ1) is 15.0. The van der Waals surface area contributed by atoms with E-state index < -0.39 is 5.60 Å². The van der Waals surface area contributed by atoms with Crippen LogP contribution in [-0.2, 0) is 20.7 Å². The minimum atomic E-state index is -0.939. The highest BCUT2D eigenvalue weighted by atomic mass is 32.1. The van der Waals surface area contributed by atoms with Gasteiger partial charge in [0, 0.05) is 24.9 Å². The lowest BCUT2D eigenvalue weighted by molar-refractivity contribution is -0.162. The molecule has 6 heteroatoms. The van der Waals surface area contributed by atoms with Gasteiger partial charge in [-0.15, -0.1) is 11.3 Å². The molecule has 0 aliphatic carbocycles. The Morgan fingerprint density at radius 2 is 2.35 bits per heavy atom. The quantitative estimate of drug-likeness (QED) is 0.903. The van der Waals surface area contributed by atoms with Crippen LogP contribution < -0.4 is 5.32 Å². The number of nitrogens with zero attached hydrogens (tertiary/aromatic N) is 1. The first-order valence-corrected chi connectivity index (χ1v) is 7.59. The summed E-state index contributed by atoms with van der Waals surface area (Å²) in [5.74, 6) is -0.106. The summed E-state index contributed by atoms with van der Waals surface area (Å²) in [6.07, 6.45) is 1.23. The van der Waals surface area contributed by atoms with Crippen LogP contribution in [0, 0.1) is 0 Å². The van der Waals surface area contributed by atoms with Gasteiger partial charge in [-0.3, -0.25) is 9.59 Å². The van der Waals surface area contributed by atoms with E-state index in [4.69, 9.17) is 4.74 Å². The molecule has 1 aromatic rings. The van der Waals surface area contributed by atoms with Crippen LogP contribution in [-0.4, -0.2) is 49.1 Å². The van der Waals surface area contributed by atoms with E-state index in [0.29, 0.717) is 26.1 Å². The van der Waals surface area contributed by atoms with Crippen LogP contribution in [0.4, 0.5) is 0 Å². The standard InChI is InChI=1S/C14H20N2O3S/c1-14(13(18)15-2)10-16(7-8-19-14)12(17)6-5-11-4-3-9-20-11/h3-4,9H,5-8,10H2,1-2H3,(H,15,18). The van der Waals surface area contributed by atoms with Crippen LogP contribution in [0.25, 0.3) is 0 Å². The van der Waals surface area contributed by atoms with E-state index in [1.54, 1.807) is 30.2 Å².